The number of benzene rings is 1. The van der Waals surface area contributed by atoms with Gasteiger partial charge in [0.15, 0.2) is 5.78 Å². The average Bonchev–Trinajstić information content (AvgIpc) is 2.83. The number of anilines is 1. The molecule has 1 aromatic rings. The van der Waals surface area contributed by atoms with Gasteiger partial charge in [0, 0.05) is 17.4 Å². The predicted octanol–water partition coefficient (Wildman–Crippen LogP) is 4.17. The first-order valence-corrected chi connectivity index (χ1v) is 8.72. The molecule has 128 valence electrons. The van der Waals surface area contributed by atoms with E-state index in [9.17, 15) is 9.59 Å². The van der Waals surface area contributed by atoms with Crippen LogP contribution in [-0.4, -0.2) is 25.4 Å². The zero-order chi connectivity index (χ0) is 17.9. The van der Waals surface area contributed by atoms with Crippen LogP contribution in [-0.2, 0) is 14.3 Å². The molecule has 0 saturated carbocycles. The van der Waals surface area contributed by atoms with E-state index < -0.39 is 11.4 Å². The van der Waals surface area contributed by atoms with Crippen molar-refractivity contribution in [2.75, 3.05) is 18.6 Å². The summed E-state index contributed by atoms with van der Waals surface area (Å²) in [5.41, 5.74) is 0.554. The van der Waals surface area contributed by atoms with Crippen LogP contribution in [0.15, 0.2) is 51.9 Å². The highest BCUT2D eigenvalue weighted by molar-refractivity contribution is 8.03. The summed E-state index contributed by atoms with van der Waals surface area (Å²) in [5, 5.41) is 0.958. The van der Waals surface area contributed by atoms with Crippen LogP contribution in [0.25, 0.3) is 0 Å². The fourth-order valence-corrected chi connectivity index (χ4v) is 3.32. The molecule has 0 amide bonds. The van der Waals surface area contributed by atoms with Crippen molar-refractivity contribution in [2.45, 2.75) is 32.6 Å². The predicted molar refractivity (Wildman–Crippen MR) is 98.0 cm³/mol. The van der Waals surface area contributed by atoms with Crippen LogP contribution in [0.3, 0.4) is 0 Å². The SMILES string of the molecule is CCOC(=O)/C(=C/C=C1\Sc2ccccc2N1C)C(=O)C(C)(C)C. The van der Waals surface area contributed by atoms with E-state index in [0.717, 1.165) is 15.6 Å². The Morgan fingerprint density at radius 1 is 1.25 bits per heavy atom. The Kier molecular flexibility index (Phi) is 5.54. The number of hydrogen-bond acceptors (Lipinski definition) is 5. The number of thioether (sulfide) groups is 1. The largest absolute Gasteiger partial charge is 0.462 e. The van der Waals surface area contributed by atoms with E-state index in [4.69, 9.17) is 4.74 Å². The van der Waals surface area contributed by atoms with Crippen molar-refractivity contribution in [1.82, 2.24) is 0 Å². The minimum Gasteiger partial charge on any atom is -0.462 e. The summed E-state index contributed by atoms with van der Waals surface area (Å²) < 4.78 is 5.05. The van der Waals surface area contributed by atoms with Gasteiger partial charge in [0.2, 0.25) is 0 Å². The lowest BCUT2D eigenvalue weighted by atomic mass is 9.86. The Hall–Kier alpha value is -2.01. The first-order chi connectivity index (χ1) is 11.3. The minimum atomic E-state index is -0.644. The van der Waals surface area contributed by atoms with E-state index >= 15 is 0 Å². The van der Waals surface area contributed by atoms with Crippen molar-refractivity contribution in [3.63, 3.8) is 0 Å². The maximum Gasteiger partial charge on any atom is 0.341 e. The number of fused-ring (bicyclic) bond motifs is 1. The second-order valence-electron chi connectivity index (χ2n) is 6.51. The number of para-hydroxylation sites is 1. The molecule has 0 radical (unpaired) electrons. The second kappa shape index (κ2) is 7.26. The quantitative estimate of drug-likeness (QED) is 0.355. The molecule has 0 spiro atoms. The van der Waals surface area contributed by atoms with Crippen LogP contribution < -0.4 is 4.90 Å². The third-order valence-electron chi connectivity index (χ3n) is 3.59. The van der Waals surface area contributed by atoms with E-state index in [2.05, 4.69) is 0 Å². The monoisotopic (exact) mass is 345 g/mol. The number of ether oxygens (including phenoxy) is 1. The van der Waals surface area contributed by atoms with E-state index in [1.54, 1.807) is 51.6 Å². The molecule has 0 N–H and O–H groups in total. The van der Waals surface area contributed by atoms with Gasteiger partial charge in [-0.3, -0.25) is 4.79 Å². The Labute approximate surface area is 147 Å². The third-order valence-corrected chi connectivity index (χ3v) is 4.77. The first kappa shape index (κ1) is 18.3. The highest BCUT2D eigenvalue weighted by Crippen LogP contribution is 2.44. The molecule has 0 unspecified atom stereocenters. The summed E-state index contributed by atoms with van der Waals surface area (Å²) in [6, 6.07) is 8.07. The summed E-state index contributed by atoms with van der Waals surface area (Å²) in [6.45, 7) is 7.35. The van der Waals surface area contributed by atoms with Crippen LogP contribution in [0.5, 0.6) is 0 Å². The molecule has 1 aliphatic heterocycles. The van der Waals surface area contributed by atoms with E-state index in [1.165, 1.54) is 0 Å². The van der Waals surface area contributed by atoms with E-state index in [-0.39, 0.29) is 18.0 Å². The van der Waals surface area contributed by atoms with Gasteiger partial charge in [-0.25, -0.2) is 4.79 Å². The molecule has 2 rings (SSSR count). The van der Waals surface area contributed by atoms with E-state index in [1.807, 2.05) is 36.2 Å². The third kappa shape index (κ3) is 3.90. The molecule has 0 atom stereocenters. The molecule has 1 heterocycles. The van der Waals surface area contributed by atoms with Gasteiger partial charge in [-0.15, -0.1) is 0 Å². The Morgan fingerprint density at radius 3 is 2.50 bits per heavy atom. The van der Waals surface area contributed by atoms with Crippen molar-refractivity contribution in [1.29, 1.82) is 0 Å². The molecule has 1 aliphatic rings. The normalized spacial score (nSPS) is 16.3. The van der Waals surface area contributed by atoms with Crippen LogP contribution in [0.4, 0.5) is 5.69 Å². The lowest BCUT2D eigenvalue weighted by Gasteiger charge is -2.18. The fourth-order valence-electron chi connectivity index (χ4n) is 2.27. The van der Waals surface area contributed by atoms with Crippen molar-refractivity contribution < 1.29 is 14.3 Å². The minimum absolute atomic E-state index is 0.0850. The van der Waals surface area contributed by atoms with Crippen LogP contribution in [0, 0.1) is 5.41 Å². The molecule has 0 aliphatic carbocycles. The number of Topliss-reactive ketones (excluding diaryl/α,β-unsaturated/α-hetero) is 1. The maximum atomic E-state index is 12.6. The van der Waals surface area contributed by atoms with Gasteiger partial charge >= 0.3 is 5.97 Å². The summed E-state index contributed by atoms with van der Waals surface area (Å²) in [4.78, 5) is 27.9. The number of carbonyl (C=O) groups is 2. The van der Waals surface area contributed by atoms with Crippen molar-refractivity contribution >= 4 is 29.2 Å². The zero-order valence-electron chi connectivity index (χ0n) is 14.8. The fraction of sp³-hybridized carbons (Fsp3) is 0.368. The van der Waals surface area contributed by atoms with Gasteiger partial charge in [-0.2, -0.15) is 0 Å². The Morgan fingerprint density at radius 2 is 1.92 bits per heavy atom. The average molecular weight is 345 g/mol. The van der Waals surface area contributed by atoms with Gasteiger partial charge in [-0.05, 0) is 31.2 Å². The van der Waals surface area contributed by atoms with Crippen molar-refractivity contribution in [2.24, 2.45) is 5.41 Å². The van der Waals surface area contributed by atoms with Crippen molar-refractivity contribution in [3.05, 3.63) is 47.0 Å². The molecule has 0 aromatic heterocycles. The van der Waals surface area contributed by atoms with Gasteiger partial charge in [0.1, 0.15) is 5.57 Å². The zero-order valence-corrected chi connectivity index (χ0v) is 15.6. The number of carbonyl (C=O) groups excluding carboxylic acids is 2. The summed E-state index contributed by atoms with van der Waals surface area (Å²) in [6.07, 6.45) is 3.39. The molecule has 0 bridgehead atoms. The first-order valence-electron chi connectivity index (χ1n) is 7.90. The number of esters is 1. The number of allylic oxidation sites excluding steroid dienone is 2. The van der Waals surface area contributed by atoms with Crippen LogP contribution in [0.1, 0.15) is 27.7 Å². The van der Waals surface area contributed by atoms with E-state index in [0.29, 0.717) is 0 Å². The topological polar surface area (TPSA) is 46.6 Å². The smallest absolute Gasteiger partial charge is 0.341 e. The lowest BCUT2D eigenvalue weighted by molar-refractivity contribution is -0.141. The summed E-state index contributed by atoms with van der Waals surface area (Å²) in [7, 11) is 1.97. The van der Waals surface area contributed by atoms with Gasteiger partial charge < -0.3 is 9.64 Å². The number of rotatable bonds is 4. The molecule has 0 saturated heterocycles. The number of ketones is 1. The van der Waals surface area contributed by atoms with Crippen molar-refractivity contribution in [3.8, 4) is 0 Å². The highest BCUT2D eigenvalue weighted by atomic mass is 32.2. The maximum absolute atomic E-state index is 12.6. The van der Waals surface area contributed by atoms with Crippen LogP contribution >= 0.6 is 11.8 Å². The van der Waals surface area contributed by atoms with Gasteiger partial charge in [0.25, 0.3) is 0 Å². The molecule has 1 aromatic carbocycles. The number of hydrogen-bond donors (Lipinski definition) is 0. The number of nitrogens with zero attached hydrogens (tertiary/aromatic N) is 1. The lowest BCUT2D eigenvalue weighted by Crippen LogP contribution is -2.27. The Balaban J connectivity index is 2.34. The standard InChI is InChI=1S/C19H23NO3S/c1-6-23-18(22)13(17(21)19(2,3)4)11-12-16-20(5)14-9-7-8-10-15(14)24-16/h7-12H,6H2,1-5H3/b13-11+,16-12-. The highest BCUT2D eigenvalue weighted by Gasteiger charge is 2.30. The summed E-state index contributed by atoms with van der Waals surface area (Å²) >= 11 is 1.61. The Bertz CT molecular complexity index is 714. The van der Waals surface area contributed by atoms with Gasteiger partial charge in [0.05, 0.1) is 17.3 Å². The van der Waals surface area contributed by atoms with Crippen LogP contribution in [0.2, 0.25) is 0 Å². The second-order valence-corrected chi connectivity index (χ2v) is 7.58. The molecule has 24 heavy (non-hydrogen) atoms. The molecule has 0 fully saturated rings. The molecule has 5 heteroatoms. The molecular weight excluding hydrogens is 322 g/mol. The molecule has 4 nitrogen and oxygen atoms in total. The molecular formula is C19H23NO3S. The summed E-state index contributed by atoms with van der Waals surface area (Å²) in [5.74, 6) is -0.793. The van der Waals surface area contributed by atoms with Gasteiger partial charge in [-0.1, -0.05) is 44.7 Å².